The van der Waals surface area contributed by atoms with Crippen molar-refractivity contribution in [3.8, 4) is 0 Å². The fourth-order valence-electron chi connectivity index (χ4n) is 0. The van der Waals surface area contributed by atoms with Gasteiger partial charge in [-0.15, -0.1) is 0 Å². The molecule has 0 unspecified atom stereocenters. The maximum absolute atomic E-state index is 8.25. The minimum absolute atomic E-state index is 0. The molecule has 2 N–H and O–H groups in total. The predicted octanol–water partition coefficient (Wildman–Crippen LogP) is -1.73. The number of hydrogen-bond acceptors (Lipinski definition) is 4. The minimum atomic E-state index is -1.75. The van der Waals surface area contributed by atoms with E-state index in [1.54, 1.807) is 0 Å². The molecule has 0 aromatic heterocycles. The Morgan fingerprint density at radius 1 is 1.29 bits per heavy atom. The van der Waals surface area contributed by atoms with Crippen molar-refractivity contribution in [3.63, 3.8) is 0 Å². The third-order valence-corrected chi connectivity index (χ3v) is 0. The second kappa shape index (κ2) is 18.4. The van der Waals surface area contributed by atoms with E-state index in [0.29, 0.717) is 0 Å². The molecule has 0 rings (SSSR count). The summed E-state index contributed by atoms with van der Waals surface area (Å²) in [6.45, 7) is 0. The molecule has 0 bridgehead atoms. The van der Waals surface area contributed by atoms with E-state index >= 15 is 0 Å². The van der Waals surface area contributed by atoms with Crippen LogP contribution in [0.25, 0.3) is 0 Å². The molecule has 6 nitrogen and oxygen atoms in total. The molecule has 0 atom stereocenters. The van der Waals surface area contributed by atoms with Gasteiger partial charge in [0.05, 0.1) is 5.09 Å². The second-order valence-electron chi connectivity index (χ2n) is 0.224. The van der Waals surface area contributed by atoms with Crippen molar-refractivity contribution < 1.29 is 27.7 Å². The van der Waals surface area contributed by atoms with Gasteiger partial charge in [-0.25, -0.2) is 0 Å². The van der Waals surface area contributed by atoms with E-state index in [1.165, 1.54) is 0 Å². The van der Waals surface area contributed by atoms with Gasteiger partial charge in [0.15, 0.2) is 0 Å². The van der Waals surface area contributed by atoms with E-state index < -0.39 is 5.09 Å². The Balaban J connectivity index is -0.0000000480. The molecule has 0 saturated carbocycles. The van der Waals surface area contributed by atoms with Crippen LogP contribution in [0.4, 0.5) is 0 Å². The number of hydrogen-bond donors (Lipinski definition) is 1. The standard InChI is InChI=1S/Mn.NO3.H2NO/c;2-1(3)4;1-2/h;;1H2/q;-1;+1. The molecule has 7 heavy (non-hydrogen) atoms. The smallest absolute Gasteiger partial charge is 0.0689 e. The zero-order valence-corrected chi connectivity index (χ0v) is 4.22. The van der Waals surface area contributed by atoms with Gasteiger partial charge in [-0.3, -0.25) is 0 Å². The normalized spacial score (nSPS) is 4.00. The van der Waals surface area contributed by atoms with Crippen LogP contribution in [0, 0.1) is 20.2 Å². The molecule has 0 aliphatic carbocycles. The molecule has 0 amide bonds. The SMILES string of the molecule is O=[N+]([O-])[O-].[Mn].[NH2+]=O. The Morgan fingerprint density at radius 2 is 1.29 bits per heavy atom. The quantitative estimate of drug-likeness (QED) is 0.250. The minimum Gasteiger partial charge on any atom is -0.356 e. The largest absolute Gasteiger partial charge is 0.356 e. The summed E-state index contributed by atoms with van der Waals surface area (Å²) < 4.78 is 0. The van der Waals surface area contributed by atoms with Crippen LogP contribution in [0.15, 0.2) is 0 Å². The molecule has 1 radical (unpaired) electrons. The van der Waals surface area contributed by atoms with Crippen molar-refractivity contribution in [2.75, 3.05) is 0 Å². The van der Waals surface area contributed by atoms with Gasteiger partial charge in [-0.1, -0.05) is 0 Å². The molecular weight excluding hydrogens is 147 g/mol. The average molecular weight is 149 g/mol. The van der Waals surface area contributed by atoms with Gasteiger partial charge < -0.3 is 15.3 Å². The zero-order valence-electron chi connectivity index (χ0n) is 3.04. The van der Waals surface area contributed by atoms with Gasteiger partial charge in [0.2, 0.25) is 0 Å². The van der Waals surface area contributed by atoms with Crippen molar-refractivity contribution in [3.05, 3.63) is 20.2 Å². The Bertz CT molecular complexity index is 41.0. The number of nitrogens with zero attached hydrogens (tertiary/aromatic N) is 1. The first-order chi connectivity index (χ1) is 2.73. The molecule has 0 aliphatic rings. The van der Waals surface area contributed by atoms with Crippen molar-refractivity contribution in [1.29, 1.82) is 0 Å². The fraction of sp³-hybridized carbons (Fsp3) is 0. The molecule has 0 spiro atoms. The summed E-state index contributed by atoms with van der Waals surface area (Å²) in [5.41, 5.74) is 3.25. The Hall–Kier alpha value is -0.681. The van der Waals surface area contributed by atoms with Crippen molar-refractivity contribution >= 4 is 0 Å². The number of nitrogens with two attached hydrogens (primary N) is 1. The third-order valence-electron chi connectivity index (χ3n) is 0. The average Bonchev–Trinajstić information content (AvgIpc) is 1.41. The summed E-state index contributed by atoms with van der Waals surface area (Å²) in [6, 6.07) is 0. The van der Waals surface area contributed by atoms with E-state index in [-0.39, 0.29) is 17.1 Å². The van der Waals surface area contributed by atoms with Crippen molar-refractivity contribution in [2.45, 2.75) is 0 Å². The van der Waals surface area contributed by atoms with Crippen LogP contribution in [0.1, 0.15) is 0 Å². The van der Waals surface area contributed by atoms with E-state index in [2.05, 4.69) is 5.59 Å². The molecule has 0 aromatic rings. The van der Waals surface area contributed by atoms with Crippen LogP contribution < -0.4 is 5.59 Å². The van der Waals surface area contributed by atoms with E-state index in [4.69, 9.17) is 20.2 Å². The summed E-state index contributed by atoms with van der Waals surface area (Å²) >= 11 is 0. The van der Waals surface area contributed by atoms with Gasteiger partial charge in [0, 0.05) is 22.0 Å². The third kappa shape index (κ3) is 127. The van der Waals surface area contributed by atoms with E-state index in [9.17, 15) is 0 Å². The maximum atomic E-state index is 8.25. The summed E-state index contributed by atoms with van der Waals surface area (Å²) in [7, 11) is 0. The van der Waals surface area contributed by atoms with Gasteiger partial charge in [0.25, 0.3) is 0 Å². The molecule has 0 heterocycles. The Morgan fingerprint density at radius 3 is 1.29 bits per heavy atom. The first kappa shape index (κ1) is 16.2. The summed E-state index contributed by atoms with van der Waals surface area (Å²) in [5, 5.41) is 14.8. The molecule has 0 saturated heterocycles. The molecule has 43 valence electrons. The molecule has 0 aliphatic heterocycles. The fourth-order valence-corrected chi connectivity index (χ4v) is 0. The van der Waals surface area contributed by atoms with Crippen LogP contribution in [0.5, 0.6) is 0 Å². The second-order valence-corrected chi connectivity index (χ2v) is 0.224. The zero-order chi connectivity index (χ0) is 5.58. The summed E-state index contributed by atoms with van der Waals surface area (Å²) in [5.74, 6) is 0. The van der Waals surface area contributed by atoms with Gasteiger partial charge in [-0.2, -0.15) is 0 Å². The Labute approximate surface area is 48.9 Å². The monoisotopic (exact) mass is 149 g/mol. The van der Waals surface area contributed by atoms with E-state index in [0.717, 1.165) is 0 Å². The summed E-state index contributed by atoms with van der Waals surface area (Å²) in [4.78, 5) is 16.0. The van der Waals surface area contributed by atoms with E-state index in [1.807, 2.05) is 0 Å². The van der Waals surface area contributed by atoms with Crippen LogP contribution in [0.2, 0.25) is 0 Å². The summed E-state index contributed by atoms with van der Waals surface area (Å²) in [6.07, 6.45) is 0. The first-order valence-electron chi connectivity index (χ1n) is 0.783. The Kier molecular flexibility index (Phi) is 42.8. The van der Waals surface area contributed by atoms with Gasteiger partial charge in [-0.05, 0) is 5.59 Å². The van der Waals surface area contributed by atoms with Crippen LogP contribution in [0.3, 0.4) is 0 Å². The van der Waals surface area contributed by atoms with Crippen LogP contribution in [-0.2, 0) is 17.1 Å². The van der Waals surface area contributed by atoms with Crippen LogP contribution >= 0.6 is 0 Å². The molecular formula is H2MnN2O4. The maximum Gasteiger partial charge on any atom is 0.0689 e. The number of rotatable bonds is 0. The van der Waals surface area contributed by atoms with Crippen LogP contribution in [-0.4, -0.2) is 5.09 Å². The topological polar surface area (TPSA) is 109 Å². The van der Waals surface area contributed by atoms with Gasteiger partial charge in [0.1, 0.15) is 0 Å². The number of nitroso groups, excluding NO2 is 1. The van der Waals surface area contributed by atoms with Crippen molar-refractivity contribution in [1.82, 2.24) is 0 Å². The molecule has 0 aromatic carbocycles. The molecule has 7 heteroatoms. The first-order valence-corrected chi connectivity index (χ1v) is 0.783. The predicted molar refractivity (Wildman–Crippen MR) is 15.7 cm³/mol. The molecule has 0 fully saturated rings. The van der Waals surface area contributed by atoms with Gasteiger partial charge >= 0.3 is 0 Å². The van der Waals surface area contributed by atoms with Crippen molar-refractivity contribution in [2.24, 2.45) is 0 Å².